The number of ether oxygens (including phenoxy) is 1. The van der Waals surface area contributed by atoms with Crippen molar-refractivity contribution in [2.45, 2.75) is 17.6 Å². The molecule has 0 saturated carbocycles. The maximum Gasteiger partial charge on any atom is 0.120 e. The number of nitrogen functional groups attached to an aromatic ring is 1. The number of methoxy groups -OCH3 is 1. The molecule has 0 spiro atoms. The van der Waals surface area contributed by atoms with E-state index in [2.05, 4.69) is 4.98 Å². The lowest BCUT2D eigenvalue weighted by atomic mass is 10.3. The Morgan fingerprint density at radius 1 is 1.50 bits per heavy atom. The normalized spacial score (nSPS) is 12.3. The Labute approximate surface area is 112 Å². The van der Waals surface area contributed by atoms with Crippen LogP contribution in [0, 0.1) is 6.92 Å². The fraction of sp³-hybridized carbons (Fsp3) is 0.250. The van der Waals surface area contributed by atoms with E-state index in [1.54, 1.807) is 25.3 Å². The second kappa shape index (κ2) is 5.49. The maximum atomic E-state index is 12.3. The third-order valence-electron chi connectivity index (χ3n) is 2.39. The molecule has 2 aromatic rings. The molecule has 0 radical (unpaired) electrons. The molecule has 4 nitrogen and oxygen atoms in total. The molecule has 2 N–H and O–H groups in total. The van der Waals surface area contributed by atoms with Gasteiger partial charge >= 0.3 is 0 Å². The number of hydrogen-bond donors (Lipinski definition) is 1. The van der Waals surface area contributed by atoms with E-state index in [1.165, 1.54) is 11.3 Å². The van der Waals surface area contributed by atoms with E-state index in [1.807, 2.05) is 12.3 Å². The first-order valence-corrected chi connectivity index (χ1v) is 7.53. The van der Waals surface area contributed by atoms with Crippen LogP contribution in [0.4, 0.5) is 5.69 Å². The predicted octanol–water partition coefficient (Wildman–Crippen LogP) is 2.35. The van der Waals surface area contributed by atoms with Crippen LogP contribution in [0.25, 0.3) is 0 Å². The zero-order valence-corrected chi connectivity index (χ0v) is 11.8. The largest absolute Gasteiger partial charge is 0.497 e. The van der Waals surface area contributed by atoms with E-state index in [9.17, 15) is 4.21 Å². The van der Waals surface area contributed by atoms with E-state index in [0.717, 1.165) is 10.7 Å². The minimum absolute atomic E-state index is 0.385. The zero-order chi connectivity index (χ0) is 13.1. The SMILES string of the molecule is COc1ccc(N)c(S(=O)Cc2nc(C)cs2)c1. The molecule has 0 fully saturated rings. The van der Waals surface area contributed by atoms with Crippen molar-refractivity contribution in [1.29, 1.82) is 0 Å². The van der Waals surface area contributed by atoms with Crippen molar-refractivity contribution in [2.75, 3.05) is 12.8 Å². The van der Waals surface area contributed by atoms with Gasteiger partial charge in [0, 0.05) is 16.8 Å². The number of aromatic nitrogens is 1. The maximum absolute atomic E-state index is 12.3. The van der Waals surface area contributed by atoms with Crippen LogP contribution in [0.15, 0.2) is 28.5 Å². The van der Waals surface area contributed by atoms with Crippen molar-refractivity contribution >= 4 is 27.8 Å². The molecule has 1 heterocycles. The van der Waals surface area contributed by atoms with Gasteiger partial charge in [-0.25, -0.2) is 4.98 Å². The molecule has 1 unspecified atom stereocenters. The van der Waals surface area contributed by atoms with Crippen LogP contribution in [0.3, 0.4) is 0 Å². The molecule has 18 heavy (non-hydrogen) atoms. The van der Waals surface area contributed by atoms with E-state index >= 15 is 0 Å². The van der Waals surface area contributed by atoms with Crippen LogP contribution >= 0.6 is 11.3 Å². The summed E-state index contributed by atoms with van der Waals surface area (Å²) in [6, 6.07) is 5.18. The summed E-state index contributed by atoms with van der Waals surface area (Å²) in [6.07, 6.45) is 0. The van der Waals surface area contributed by atoms with Crippen LogP contribution in [0.5, 0.6) is 5.75 Å². The van der Waals surface area contributed by atoms with Crippen molar-refractivity contribution in [3.05, 3.63) is 34.3 Å². The van der Waals surface area contributed by atoms with Crippen LogP contribution in [-0.4, -0.2) is 16.3 Å². The molecule has 0 aliphatic carbocycles. The van der Waals surface area contributed by atoms with E-state index in [4.69, 9.17) is 10.5 Å². The highest BCUT2D eigenvalue weighted by Gasteiger charge is 2.12. The highest BCUT2D eigenvalue weighted by molar-refractivity contribution is 7.84. The van der Waals surface area contributed by atoms with Gasteiger partial charge in [-0.2, -0.15) is 0 Å². The zero-order valence-electron chi connectivity index (χ0n) is 10.2. The smallest absolute Gasteiger partial charge is 0.120 e. The van der Waals surface area contributed by atoms with Gasteiger partial charge in [0.05, 0.1) is 28.6 Å². The molecule has 2 rings (SSSR count). The number of thiazole rings is 1. The number of rotatable bonds is 4. The first kappa shape index (κ1) is 13.0. The Morgan fingerprint density at radius 2 is 2.28 bits per heavy atom. The van der Waals surface area contributed by atoms with Gasteiger partial charge in [-0.1, -0.05) is 0 Å². The molecule has 0 aliphatic rings. The van der Waals surface area contributed by atoms with Gasteiger partial charge in [0.25, 0.3) is 0 Å². The minimum atomic E-state index is -1.20. The van der Waals surface area contributed by atoms with Gasteiger partial charge in [-0.15, -0.1) is 11.3 Å². The Kier molecular flexibility index (Phi) is 3.98. The Bertz CT molecular complexity index is 581. The topological polar surface area (TPSA) is 65.2 Å². The van der Waals surface area contributed by atoms with Gasteiger partial charge in [-0.3, -0.25) is 4.21 Å². The van der Waals surface area contributed by atoms with Crippen molar-refractivity contribution in [1.82, 2.24) is 4.98 Å². The summed E-state index contributed by atoms with van der Waals surface area (Å²) in [6.45, 7) is 1.92. The molecule has 0 amide bonds. The molecule has 0 bridgehead atoms. The summed E-state index contributed by atoms with van der Waals surface area (Å²) in [5, 5.41) is 2.80. The van der Waals surface area contributed by atoms with Gasteiger partial charge in [0.15, 0.2) is 0 Å². The number of hydrogen-bond acceptors (Lipinski definition) is 5. The van der Waals surface area contributed by atoms with Crippen LogP contribution in [0.2, 0.25) is 0 Å². The molecule has 1 aromatic carbocycles. The van der Waals surface area contributed by atoms with Gasteiger partial charge in [0.2, 0.25) is 0 Å². The summed E-state index contributed by atoms with van der Waals surface area (Å²) in [4.78, 5) is 4.90. The Hall–Kier alpha value is -1.40. The number of benzene rings is 1. The second-order valence-electron chi connectivity index (χ2n) is 3.78. The van der Waals surface area contributed by atoms with Crippen LogP contribution < -0.4 is 10.5 Å². The molecule has 0 aliphatic heterocycles. The Balaban J connectivity index is 2.23. The quantitative estimate of drug-likeness (QED) is 0.874. The average molecular weight is 282 g/mol. The number of aryl methyl sites for hydroxylation is 1. The molecule has 0 saturated heterocycles. The van der Waals surface area contributed by atoms with Crippen molar-refractivity contribution in [3.8, 4) is 5.75 Å². The standard InChI is InChI=1S/C12H14N2O2S2/c1-8-6-17-12(14-8)7-18(15)11-5-9(16-2)3-4-10(11)13/h3-6H,7,13H2,1-2H3. The fourth-order valence-electron chi connectivity index (χ4n) is 1.50. The molecular formula is C12H14N2O2S2. The van der Waals surface area contributed by atoms with E-state index < -0.39 is 10.8 Å². The van der Waals surface area contributed by atoms with Gasteiger partial charge in [-0.05, 0) is 25.1 Å². The second-order valence-corrected chi connectivity index (χ2v) is 6.14. The molecular weight excluding hydrogens is 268 g/mol. The van der Waals surface area contributed by atoms with E-state index in [0.29, 0.717) is 22.1 Å². The van der Waals surface area contributed by atoms with E-state index in [-0.39, 0.29) is 0 Å². The average Bonchev–Trinajstić information content (AvgIpc) is 2.75. The van der Waals surface area contributed by atoms with Crippen molar-refractivity contribution in [2.24, 2.45) is 0 Å². The third-order valence-corrected chi connectivity index (χ3v) is 4.92. The summed E-state index contributed by atoms with van der Waals surface area (Å²) in [5.41, 5.74) is 7.30. The van der Waals surface area contributed by atoms with Gasteiger partial charge in [0.1, 0.15) is 10.8 Å². The molecule has 1 atom stereocenters. The van der Waals surface area contributed by atoms with Crippen LogP contribution in [0.1, 0.15) is 10.7 Å². The van der Waals surface area contributed by atoms with Gasteiger partial charge < -0.3 is 10.5 Å². The summed E-state index contributed by atoms with van der Waals surface area (Å²) in [7, 11) is 0.370. The van der Waals surface area contributed by atoms with Crippen molar-refractivity contribution in [3.63, 3.8) is 0 Å². The first-order chi connectivity index (χ1) is 8.60. The summed E-state index contributed by atoms with van der Waals surface area (Å²) >= 11 is 1.51. The summed E-state index contributed by atoms with van der Waals surface area (Å²) < 4.78 is 17.4. The predicted molar refractivity (Wildman–Crippen MR) is 74.4 cm³/mol. The first-order valence-electron chi connectivity index (χ1n) is 5.33. The molecule has 6 heteroatoms. The molecule has 1 aromatic heterocycles. The highest BCUT2D eigenvalue weighted by Crippen LogP contribution is 2.25. The Morgan fingerprint density at radius 3 is 2.89 bits per heavy atom. The number of anilines is 1. The lowest BCUT2D eigenvalue weighted by molar-refractivity contribution is 0.413. The highest BCUT2D eigenvalue weighted by atomic mass is 32.2. The monoisotopic (exact) mass is 282 g/mol. The number of nitrogens with two attached hydrogens (primary N) is 1. The third kappa shape index (κ3) is 2.88. The summed E-state index contributed by atoms with van der Waals surface area (Å²) in [5.74, 6) is 1.04. The fourth-order valence-corrected chi connectivity index (χ4v) is 3.67. The van der Waals surface area contributed by atoms with Crippen LogP contribution in [-0.2, 0) is 16.6 Å². The lowest BCUT2D eigenvalue weighted by Crippen LogP contribution is -2.01. The molecule has 96 valence electrons. The lowest BCUT2D eigenvalue weighted by Gasteiger charge is -2.07. The van der Waals surface area contributed by atoms with Crippen molar-refractivity contribution < 1.29 is 8.95 Å². The minimum Gasteiger partial charge on any atom is -0.497 e. The number of nitrogens with zero attached hydrogens (tertiary/aromatic N) is 1.